The molecule has 3 fully saturated rings. The third-order valence-corrected chi connectivity index (χ3v) is 7.02. The second kappa shape index (κ2) is 6.94. The molecule has 28 heavy (non-hydrogen) atoms. The van der Waals surface area contributed by atoms with Crippen LogP contribution in [0.1, 0.15) is 6.42 Å². The molecule has 0 spiro atoms. The minimum atomic E-state index is -0.854. The van der Waals surface area contributed by atoms with E-state index in [9.17, 15) is 15.0 Å². The quantitative estimate of drug-likeness (QED) is 0.610. The van der Waals surface area contributed by atoms with Crippen molar-refractivity contribution >= 4 is 46.3 Å². The van der Waals surface area contributed by atoms with Gasteiger partial charge in [-0.3, -0.25) is 4.90 Å². The first-order chi connectivity index (χ1) is 13.7. The fourth-order valence-corrected chi connectivity index (χ4v) is 5.39. The predicted molar refractivity (Wildman–Crippen MR) is 107 cm³/mol. The first-order valence-corrected chi connectivity index (χ1v) is 10.9. The van der Waals surface area contributed by atoms with E-state index in [0.29, 0.717) is 30.4 Å². The van der Waals surface area contributed by atoms with Crippen molar-refractivity contribution in [2.75, 3.05) is 30.3 Å². The summed E-state index contributed by atoms with van der Waals surface area (Å²) in [4.78, 5) is 25.0. The standard InChI is InChI=1S/C18H18N4O4S2/c23-4-6-27-13-2-1-12(16-19-3-5-28-16)15-14(13)20-17(26-15)21-8-10-7-11(9-21)22(10)18(24)25/h1-3,5,10-11,23H,4,6-9H2,(H,24,25). The number of piperidine rings is 1. The summed E-state index contributed by atoms with van der Waals surface area (Å²) in [6.45, 7) is 1.26. The highest BCUT2D eigenvalue weighted by Crippen LogP contribution is 2.40. The van der Waals surface area contributed by atoms with Gasteiger partial charge in [0.25, 0.3) is 6.01 Å². The number of carbonyl (C=O) groups is 1. The highest BCUT2D eigenvalue weighted by atomic mass is 32.2. The van der Waals surface area contributed by atoms with Crippen LogP contribution in [-0.4, -0.2) is 68.7 Å². The van der Waals surface area contributed by atoms with Gasteiger partial charge in [-0.05, 0) is 18.6 Å². The van der Waals surface area contributed by atoms with E-state index < -0.39 is 6.09 Å². The van der Waals surface area contributed by atoms with Gasteiger partial charge in [0.05, 0.1) is 24.3 Å². The van der Waals surface area contributed by atoms with Crippen LogP contribution in [0.15, 0.2) is 33.0 Å². The number of carboxylic acid groups (broad SMARTS) is 1. The van der Waals surface area contributed by atoms with Crippen molar-refractivity contribution in [3.63, 3.8) is 0 Å². The Kier molecular flexibility index (Phi) is 4.41. The monoisotopic (exact) mass is 418 g/mol. The first-order valence-electron chi connectivity index (χ1n) is 8.99. The number of hydrogen-bond acceptors (Lipinski definition) is 8. The molecule has 5 heterocycles. The Balaban J connectivity index is 1.52. The van der Waals surface area contributed by atoms with E-state index in [1.54, 1.807) is 6.20 Å². The fraction of sp³-hybridized carbons (Fsp3) is 0.389. The maximum absolute atomic E-state index is 11.3. The third-order valence-electron chi connectivity index (χ3n) is 5.19. The van der Waals surface area contributed by atoms with Crippen LogP contribution in [0, 0.1) is 0 Å². The van der Waals surface area contributed by atoms with Crippen molar-refractivity contribution in [3.8, 4) is 10.6 Å². The summed E-state index contributed by atoms with van der Waals surface area (Å²) in [6, 6.07) is 4.48. The molecule has 3 aromatic rings. The van der Waals surface area contributed by atoms with Crippen molar-refractivity contribution in [1.82, 2.24) is 14.9 Å². The van der Waals surface area contributed by atoms with Gasteiger partial charge < -0.3 is 19.5 Å². The molecule has 0 radical (unpaired) electrons. The minimum absolute atomic E-state index is 0.00655. The number of thiazole rings is 1. The molecule has 146 valence electrons. The second-order valence-electron chi connectivity index (χ2n) is 6.83. The lowest BCUT2D eigenvalue weighted by Gasteiger charge is -2.54. The highest BCUT2D eigenvalue weighted by Gasteiger charge is 2.48. The van der Waals surface area contributed by atoms with Gasteiger partial charge in [-0.2, -0.15) is 4.98 Å². The van der Waals surface area contributed by atoms with Crippen LogP contribution in [0.3, 0.4) is 0 Å². The number of aliphatic hydroxyl groups excluding tert-OH is 1. The summed E-state index contributed by atoms with van der Waals surface area (Å²) < 4.78 is 6.19. The van der Waals surface area contributed by atoms with E-state index in [1.807, 2.05) is 22.4 Å². The maximum atomic E-state index is 11.3. The van der Waals surface area contributed by atoms with E-state index in [1.165, 1.54) is 28.0 Å². The zero-order valence-electron chi connectivity index (χ0n) is 14.8. The molecule has 2 aromatic heterocycles. The minimum Gasteiger partial charge on any atom is -0.465 e. The fourth-order valence-electron chi connectivity index (χ4n) is 3.98. The number of piperazine rings is 1. The number of benzene rings is 1. The third kappa shape index (κ3) is 2.83. The highest BCUT2D eigenvalue weighted by molar-refractivity contribution is 7.99. The number of aromatic nitrogens is 2. The summed E-state index contributed by atoms with van der Waals surface area (Å²) in [7, 11) is 0. The van der Waals surface area contributed by atoms with Gasteiger partial charge in [0, 0.05) is 35.3 Å². The van der Waals surface area contributed by atoms with E-state index >= 15 is 0 Å². The van der Waals surface area contributed by atoms with Gasteiger partial charge in [0.15, 0.2) is 5.58 Å². The normalized spacial score (nSPS) is 21.2. The summed E-state index contributed by atoms with van der Waals surface area (Å²) in [6.07, 6.45) is 1.80. The Morgan fingerprint density at radius 1 is 1.36 bits per heavy atom. The molecular weight excluding hydrogens is 400 g/mol. The molecule has 8 nitrogen and oxygen atoms in total. The van der Waals surface area contributed by atoms with Gasteiger partial charge in [0.1, 0.15) is 10.5 Å². The topological polar surface area (TPSA) is 103 Å². The Bertz CT molecular complexity index is 1010. The molecule has 3 aliphatic rings. The van der Waals surface area contributed by atoms with E-state index in [0.717, 1.165) is 27.4 Å². The molecule has 0 aliphatic carbocycles. The molecule has 1 aromatic carbocycles. The van der Waals surface area contributed by atoms with Crippen LogP contribution in [0.2, 0.25) is 0 Å². The summed E-state index contributed by atoms with van der Waals surface area (Å²) >= 11 is 3.07. The van der Waals surface area contributed by atoms with Crippen LogP contribution in [0.5, 0.6) is 0 Å². The summed E-state index contributed by atoms with van der Waals surface area (Å²) in [5.74, 6) is 0.579. The maximum Gasteiger partial charge on any atom is 0.407 e. The van der Waals surface area contributed by atoms with Crippen molar-refractivity contribution in [2.24, 2.45) is 0 Å². The number of anilines is 1. The Morgan fingerprint density at radius 2 is 2.18 bits per heavy atom. The van der Waals surface area contributed by atoms with E-state index in [4.69, 9.17) is 9.40 Å². The van der Waals surface area contributed by atoms with Crippen molar-refractivity contribution in [2.45, 2.75) is 23.4 Å². The first kappa shape index (κ1) is 17.8. The smallest absolute Gasteiger partial charge is 0.407 e. The van der Waals surface area contributed by atoms with Crippen LogP contribution in [0.4, 0.5) is 10.8 Å². The van der Waals surface area contributed by atoms with Crippen LogP contribution in [0.25, 0.3) is 21.7 Å². The molecule has 6 rings (SSSR count). The second-order valence-corrected chi connectivity index (χ2v) is 8.86. The molecule has 2 bridgehead atoms. The zero-order valence-corrected chi connectivity index (χ0v) is 16.4. The number of oxazole rings is 1. The number of thioether (sulfide) groups is 1. The molecule has 3 saturated heterocycles. The lowest BCUT2D eigenvalue weighted by molar-refractivity contribution is 0.0101. The number of amides is 1. The average molecular weight is 419 g/mol. The molecule has 2 unspecified atom stereocenters. The van der Waals surface area contributed by atoms with Crippen LogP contribution >= 0.6 is 23.1 Å². The number of fused-ring (bicyclic) bond motifs is 3. The predicted octanol–water partition coefficient (Wildman–Crippen LogP) is 2.98. The largest absolute Gasteiger partial charge is 0.465 e. The van der Waals surface area contributed by atoms with Crippen molar-refractivity contribution in [3.05, 3.63) is 23.7 Å². The number of rotatable bonds is 5. The average Bonchev–Trinajstić information content (AvgIpc) is 3.35. The number of aliphatic hydroxyl groups is 1. The van der Waals surface area contributed by atoms with Gasteiger partial charge in [0.2, 0.25) is 0 Å². The lowest BCUT2D eigenvalue weighted by atomic mass is 9.88. The molecule has 0 saturated carbocycles. The van der Waals surface area contributed by atoms with Gasteiger partial charge in [-0.25, -0.2) is 9.78 Å². The van der Waals surface area contributed by atoms with Gasteiger partial charge in [-0.1, -0.05) is 0 Å². The molecule has 10 heteroatoms. The molecule has 3 aliphatic heterocycles. The zero-order chi connectivity index (χ0) is 19.3. The van der Waals surface area contributed by atoms with Crippen LogP contribution < -0.4 is 4.90 Å². The molecular formula is C18H18N4O4S2. The van der Waals surface area contributed by atoms with E-state index in [-0.39, 0.29) is 18.7 Å². The lowest BCUT2D eigenvalue weighted by Crippen LogP contribution is -2.70. The van der Waals surface area contributed by atoms with Crippen molar-refractivity contribution in [1.29, 1.82) is 0 Å². The van der Waals surface area contributed by atoms with Crippen molar-refractivity contribution < 1.29 is 19.4 Å². The van der Waals surface area contributed by atoms with E-state index in [2.05, 4.69) is 4.98 Å². The Labute approximate surface area is 168 Å². The Hall–Kier alpha value is -2.30. The molecule has 2 atom stereocenters. The Morgan fingerprint density at radius 3 is 2.86 bits per heavy atom. The number of hydrogen-bond donors (Lipinski definition) is 2. The van der Waals surface area contributed by atoms with Gasteiger partial charge >= 0.3 is 6.09 Å². The summed E-state index contributed by atoms with van der Waals surface area (Å²) in [5, 5.41) is 21.3. The molecule has 1 amide bonds. The van der Waals surface area contributed by atoms with Crippen LogP contribution in [-0.2, 0) is 0 Å². The summed E-state index contributed by atoms with van der Waals surface area (Å²) in [5.41, 5.74) is 2.34. The van der Waals surface area contributed by atoms with Gasteiger partial charge in [-0.15, -0.1) is 23.1 Å². The SMILES string of the molecule is O=C(O)N1C2CC1CN(c1nc3c(SCCO)ccc(-c4nccs4)c3o1)C2. The number of nitrogens with zero attached hydrogens (tertiary/aromatic N) is 4. The molecule has 2 N–H and O–H groups in total.